The molecule has 4 rings (SSSR count). The number of hydrogen-bond donors (Lipinski definition) is 1. The predicted octanol–water partition coefficient (Wildman–Crippen LogP) is 3.16. The topological polar surface area (TPSA) is 71.9 Å². The molecule has 1 aromatic heterocycles. The van der Waals surface area contributed by atoms with Gasteiger partial charge in [0, 0.05) is 24.7 Å². The van der Waals surface area contributed by atoms with Gasteiger partial charge in [-0.15, -0.1) is 0 Å². The lowest BCUT2D eigenvalue weighted by atomic mass is 9.98. The summed E-state index contributed by atoms with van der Waals surface area (Å²) < 4.78 is 10.7. The number of aromatic nitrogens is 1. The number of ether oxygens (including phenoxy) is 2. The summed E-state index contributed by atoms with van der Waals surface area (Å²) in [6, 6.07) is 11.0. The van der Waals surface area contributed by atoms with Gasteiger partial charge >= 0.3 is 0 Å². The van der Waals surface area contributed by atoms with Crippen LogP contribution in [0.2, 0.25) is 0 Å². The predicted molar refractivity (Wildman–Crippen MR) is 101 cm³/mol. The second-order valence-corrected chi connectivity index (χ2v) is 6.49. The van der Waals surface area contributed by atoms with E-state index in [-0.39, 0.29) is 17.2 Å². The lowest BCUT2D eigenvalue weighted by Crippen LogP contribution is -2.36. The molecule has 2 aromatic carbocycles. The Hall–Kier alpha value is -3.28. The van der Waals surface area contributed by atoms with Gasteiger partial charge in [-0.2, -0.15) is 0 Å². The van der Waals surface area contributed by atoms with E-state index in [0.29, 0.717) is 36.5 Å². The van der Waals surface area contributed by atoms with Crippen molar-refractivity contribution in [2.24, 2.45) is 0 Å². The lowest BCUT2D eigenvalue weighted by Gasteiger charge is -2.30. The molecule has 27 heavy (non-hydrogen) atoms. The first kappa shape index (κ1) is 17.1. The third kappa shape index (κ3) is 2.93. The van der Waals surface area contributed by atoms with Crippen LogP contribution < -0.4 is 9.47 Å². The van der Waals surface area contributed by atoms with Crippen LogP contribution >= 0.6 is 0 Å². The number of amides is 1. The van der Waals surface area contributed by atoms with Crippen LogP contribution in [0.25, 0.3) is 10.9 Å². The summed E-state index contributed by atoms with van der Waals surface area (Å²) >= 11 is 0. The molecule has 0 bridgehead atoms. The Morgan fingerprint density at radius 3 is 2.59 bits per heavy atom. The Labute approximate surface area is 157 Å². The number of rotatable bonds is 3. The molecule has 6 heteroatoms. The van der Waals surface area contributed by atoms with Crippen molar-refractivity contribution >= 4 is 16.8 Å². The maximum atomic E-state index is 13.0. The van der Waals surface area contributed by atoms with Gasteiger partial charge in [-0.1, -0.05) is 12.1 Å². The highest BCUT2D eigenvalue weighted by Gasteiger charge is 2.26. The number of carbonyl (C=O) groups is 1. The maximum absolute atomic E-state index is 13.0. The maximum Gasteiger partial charge on any atom is 0.258 e. The number of phenols is 1. The van der Waals surface area contributed by atoms with Crippen LogP contribution in [0.15, 0.2) is 42.6 Å². The lowest BCUT2D eigenvalue weighted by molar-refractivity contribution is 0.0731. The van der Waals surface area contributed by atoms with Gasteiger partial charge in [0.05, 0.1) is 19.8 Å². The molecular weight excluding hydrogens is 344 g/mol. The molecule has 0 unspecified atom stereocenters. The van der Waals surface area contributed by atoms with Crippen molar-refractivity contribution in [3.05, 3.63) is 59.3 Å². The van der Waals surface area contributed by atoms with Crippen molar-refractivity contribution in [3.63, 3.8) is 0 Å². The molecular formula is C21H20N2O4. The van der Waals surface area contributed by atoms with Crippen molar-refractivity contribution < 1.29 is 19.4 Å². The monoisotopic (exact) mass is 364 g/mol. The summed E-state index contributed by atoms with van der Waals surface area (Å²) in [5, 5.41) is 11.3. The van der Waals surface area contributed by atoms with Gasteiger partial charge in [0.2, 0.25) is 0 Å². The summed E-state index contributed by atoms with van der Waals surface area (Å²) in [7, 11) is 3.20. The highest BCUT2D eigenvalue weighted by molar-refractivity contribution is 6.02. The summed E-state index contributed by atoms with van der Waals surface area (Å²) in [6.45, 7) is 1.02. The molecule has 0 saturated carbocycles. The van der Waals surface area contributed by atoms with Crippen molar-refractivity contribution in [2.75, 3.05) is 20.8 Å². The van der Waals surface area contributed by atoms with E-state index in [4.69, 9.17) is 9.47 Å². The molecule has 0 spiro atoms. The molecule has 1 aliphatic rings. The van der Waals surface area contributed by atoms with Crippen LogP contribution in [0.4, 0.5) is 0 Å². The quantitative estimate of drug-likeness (QED) is 0.773. The first-order valence-corrected chi connectivity index (χ1v) is 8.72. The Kier molecular flexibility index (Phi) is 4.32. The first-order chi connectivity index (χ1) is 13.1. The summed E-state index contributed by atoms with van der Waals surface area (Å²) in [5.74, 6) is 1.05. The van der Waals surface area contributed by atoms with Gasteiger partial charge < -0.3 is 19.5 Å². The Morgan fingerprint density at radius 1 is 1.11 bits per heavy atom. The normalized spacial score (nSPS) is 13.3. The van der Waals surface area contributed by atoms with Gasteiger partial charge in [-0.3, -0.25) is 9.78 Å². The number of benzene rings is 2. The zero-order chi connectivity index (χ0) is 19.0. The smallest absolute Gasteiger partial charge is 0.258 e. The van der Waals surface area contributed by atoms with Gasteiger partial charge in [0.25, 0.3) is 5.91 Å². The van der Waals surface area contributed by atoms with E-state index in [1.165, 1.54) is 0 Å². The van der Waals surface area contributed by atoms with Gasteiger partial charge in [0.15, 0.2) is 17.2 Å². The molecule has 0 saturated heterocycles. The molecule has 1 N–H and O–H groups in total. The number of phenolic OH excluding ortho intramolecular Hbond substituents is 1. The fourth-order valence-corrected chi connectivity index (χ4v) is 3.53. The molecule has 138 valence electrons. The van der Waals surface area contributed by atoms with Crippen molar-refractivity contribution in [1.29, 1.82) is 0 Å². The largest absolute Gasteiger partial charge is 0.505 e. The molecule has 0 fully saturated rings. The molecule has 1 aliphatic heterocycles. The second-order valence-electron chi connectivity index (χ2n) is 6.49. The fraction of sp³-hybridized carbons (Fsp3) is 0.238. The zero-order valence-corrected chi connectivity index (χ0v) is 15.2. The number of pyridine rings is 1. The molecule has 3 aromatic rings. The van der Waals surface area contributed by atoms with E-state index in [1.54, 1.807) is 43.5 Å². The molecule has 1 amide bonds. The summed E-state index contributed by atoms with van der Waals surface area (Å²) in [6.07, 6.45) is 2.32. The van der Waals surface area contributed by atoms with Crippen LogP contribution in [0.1, 0.15) is 21.5 Å². The van der Waals surface area contributed by atoms with Crippen molar-refractivity contribution in [3.8, 4) is 17.2 Å². The van der Waals surface area contributed by atoms with Crippen LogP contribution in [-0.4, -0.2) is 41.7 Å². The number of fused-ring (bicyclic) bond motifs is 2. The summed E-state index contributed by atoms with van der Waals surface area (Å²) in [4.78, 5) is 19.0. The van der Waals surface area contributed by atoms with Crippen molar-refractivity contribution in [1.82, 2.24) is 9.88 Å². The SMILES string of the molecule is COc1cc2c(cc1OC)CN(C(=O)c1ccc3cccnc3c1O)CC2. The average molecular weight is 364 g/mol. The van der Waals surface area contributed by atoms with Gasteiger partial charge in [-0.05, 0) is 41.8 Å². The van der Waals surface area contributed by atoms with Gasteiger partial charge in [-0.25, -0.2) is 0 Å². The third-order valence-corrected chi connectivity index (χ3v) is 4.98. The number of carbonyl (C=O) groups excluding carboxylic acids is 1. The highest BCUT2D eigenvalue weighted by Crippen LogP contribution is 2.34. The van der Waals surface area contributed by atoms with E-state index < -0.39 is 0 Å². The van der Waals surface area contributed by atoms with E-state index >= 15 is 0 Å². The third-order valence-electron chi connectivity index (χ3n) is 4.98. The molecule has 6 nitrogen and oxygen atoms in total. The molecule has 0 atom stereocenters. The minimum atomic E-state index is -0.208. The molecule has 0 aliphatic carbocycles. The number of hydrogen-bond acceptors (Lipinski definition) is 5. The standard InChI is InChI=1S/C21H20N2O4/c1-26-17-10-14-7-9-23(12-15(14)11-18(17)27-2)21(25)16-6-5-13-4-3-8-22-19(13)20(16)24/h3-6,8,10-11,24H,7,9,12H2,1-2H3. The van der Waals surface area contributed by atoms with Crippen LogP contribution in [0.5, 0.6) is 17.2 Å². The van der Waals surface area contributed by atoms with Crippen LogP contribution in [0.3, 0.4) is 0 Å². The van der Waals surface area contributed by atoms with E-state index in [2.05, 4.69) is 4.98 Å². The van der Waals surface area contributed by atoms with Crippen molar-refractivity contribution in [2.45, 2.75) is 13.0 Å². The summed E-state index contributed by atoms with van der Waals surface area (Å²) in [5.41, 5.74) is 2.86. The Bertz CT molecular complexity index is 1030. The Balaban J connectivity index is 1.66. The average Bonchev–Trinajstić information content (AvgIpc) is 2.72. The fourth-order valence-electron chi connectivity index (χ4n) is 3.53. The minimum absolute atomic E-state index is 0.0730. The van der Waals surface area contributed by atoms with E-state index in [0.717, 1.165) is 16.5 Å². The zero-order valence-electron chi connectivity index (χ0n) is 15.2. The van der Waals surface area contributed by atoms with Gasteiger partial charge in [0.1, 0.15) is 5.52 Å². The first-order valence-electron chi connectivity index (χ1n) is 8.72. The minimum Gasteiger partial charge on any atom is -0.505 e. The molecule has 0 radical (unpaired) electrons. The van der Waals surface area contributed by atoms with E-state index in [9.17, 15) is 9.90 Å². The Morgan fingerprint density at radius 2 is 1.85 bits per heavy atom. The number of nitrogens with zero attached hydrogens (tertiary/aromatic N) is 2. The molecule has 2 heterocycles. The second kappa shape index (κ2) is 6.79. The number of aromatic hydroxyl groups is 1. The highest BCUT2D eigenvalue weighted by atomic mass is 16.5. The van der Waals surface area contributed by atoms with E-state index in [1.807, 2.05) is 18.2 Å². The van der Waals surface area contributed by atoms with Crippen LogP contribution in [-0.2, 0) is 13.0 Å². The number of methoxy groups -OCH3 is 2. The van der Waals surface area contributed by atoms with Crippen LogP contribution in [0, 0.1) is 0 Å².